The molecular formula is C35H46FN5O13S. The monoisotopic (exact) mass is 795 g/mol. The summed E-state index contributed by atoms with van der Waals surface area (Å²) >= 11 is 0. The summed E-state index contributed by atoms with van der Waals surface area (Å²) in [6.45, 7) is 4.33. The first-order valence-electron chi connectivity index (χ1n) is 18.1. The van der Waals surface area contributed by atoms with Crippen molar-refractivity contribution in [1.29, 1.82) is 0 Å². The van der Waals surface area contributed by atoms with Gasteiger partial charge in [-0.15, -0.1) is 0 Å². The number of rotatable bonds is 5. The number of halogens is 1. The van der Waals surface area contributed by atoms with Gasteiger partial charge in [0.1, 0.15) is 35.1 Å². The summed E-state index contributed by atoms with van der Waals surface area (Å²) in [5.74, 6) is -11.7. The molecule has 18 nitrogen and oxygen atoms in total. The predicted octanol–water partition coefficient (Wildman–Crippen LogP) is 0.334. The third-order valence-corrected chi connectivity index (χ3v) is 12.1. The lowest BCUT2D eigenvalue weighted by Crippen LogP contribution is -2.58. The second-order valence-electron chi connectivity index (χ2n) is 15.7. The third-order valence-electron chi connectivity index (χ3n) is 10.3. The Bertz CT molecular complexity index is 1900. The van der Waals surface area contributed by atoms with Crippen LogP contribution >= 0.6 is 0 Å². The molecule has 0 radical (unpaired) electrons. The first-order chi connectivity index (χ1) is 25.6. The van der Waals surface area contributed by atoms with Crippen LogP contribution in [0.3, 0.4) is 0 Å². The molecule has 5 atom stereocenters. The fourth-order valence-electron chi connectivity index (χ4n) is 7.34. The summed E-state index contributed by atoms with van der Waals surface area (Å²) in [6, 6.07) is 0.0255. The summed E-state index contributed by atoms with van der Waals surface area (Å²) in [6.07, 6.45) is 2.15. The number of hydrogen-bond donors (Lipinski definition) is 7. The zero-order chi connectivity index (χ0) is 40.3. The molecule has 2 saturated carbocycles. The molecule has 3 fully saturated rings. The molecule has 3 heterocycles. The van der Waals surface area contributed by atoms with E-state index in [0.717, 1.165) is 23.1 Å². The van der Waals surface area contributed by atoms with Crippen LogP contribution in [-0.2, 0) is 45.7 Å². The minimum atomic E-state index is -4.02. The maximum absolute atomic E-state index is 14.7. The number of aliphatic hydroxyl groups is 4. The Kier molecular flexibility index (Phi) is 10.5. The van der Waals surface area contributed by atoms with Crippen molar-refractivity contribution in [3.05, 3.63) is 47.3 Å². The molecule has 1 saturated heterocycles. The Hall–Kier alpha value is -4.37. The Morgan fingerprint density at radius 1 is 1.02 bits per heavy atom. The predicted molar refractivity (Wildman–Crippen MR) is 185 cm³/mol. The van der Waals surface area contributed by atoms with E-state index in [4.69, 9.17) is 9.47 Å². The molecule has 55 heavy (non-hydrogen) atoms. The van der Waals surface area contributed by atoms with Gasteiger partial charge in [-0.2, -0.15) is 4.90 Å². The fraction of sp³-hybridized carbons (Fsp3) is 0.629. The smallest absolute Gasteiger partial charge is 0.419 e. The van der Waals surface area contributed by atoms with Gasteiger partial charge in [0.2, 0.25) is 21.8 Å². The van der Waals surface area contributed by atoms with Gasteiger partial charge in [-0.3, -0.25) is 19.1 Å². The highest BCUT2D eigenvalue weighted by molar-refractivity contribution is 7.91. The van der Waals surface area contributed by atoms with E-state index >= 15 is 0 Å². The standard InChI is InChI=1S/C35H46FN5O13S/c1-32(2,3)54-30(45)37-24-13-8-6-4-5-7-10-19-17-33(19,29(44)39-55(51,52)21-14-15-21)38-27(42)25-16-20(18-40(25)28(24)43)53-31(46)41-34(47,48)22-11-9-12-23(36)26(22)35(41,49)50/h7,9-12,19-21,24-25,47-50H,4-6,8,13-18H2,1-3H3,(H,37,45)(H,38,42)(H,39,44). The molecule has 7 N–H and O–H groups in total. The largest absolute Gasteiger partial charge is 0.444 e. The van der Waals surface area contributed by atoms with Gasteiger partial charge in [-0.05, 0) is 65.4 Å². The van der Waals surface area contributed by atoms with Crippen molar-refractivity contribution in [1.82, 2.24) is 25.2 Å². The number of allylic oxidation sites excluding steroid dienone is 1. The highest BCUT2D eigenvalue weighted by Gasteiger charge is 2.64. The van der Waals surface area contributed by atoms with Gasteiger partial charge in [0, 0.05) is 17.9 Å². The number of ether oxygens (including phenoxy) is 2. The fourth-order valence-corrected chi connectivity index (χ4v) is 8.71. The minimum absolute atomic E-state index is 0.0411. The van der Waals surface area contributed by atoms with Crippen molar-refractivity contribution in [2.45, 2.75) is 125 Å². The molecule has 6 rings (SSSR count). The highest BCUT2D eigenvalue weighted by Crippen LogP contribution is 2.47. The summed E-state index contributed by atoms with van der Waals surface area (Å²) in [5, 5.41) is 47.7. The van der Waals surface area contributed by atoms with E-state index in [1.54, 1.807) is 26.8 Å². The average molecular weight is 796 g/mol. The lowest BCUT2D eigenvalue weighted by Gasteiger charge is -2.34. The van der Waals surface area contributed by atoms with Crippen LogP contribution in [-0.4, -0.2) is 110 Å². The maximum atomic E-state index is 14.7. The SMILES string of the molecule is CC(C)(C)OC(=O)NC1CCCCCC=CC2CC2(C(=O)NS(=O)(=O)C2CC2)NC(=O)C2CC(OC(=O)N3C(O)(O)c4cccc(F)c4C3(O)O)CN2C1=O. The normalized spacial score (nSPS) is 29.1. The molecule has 5 aliphatic rings. The van der Waals surface area contributed by atoms with Crippen molar-refractivity contribution in [3.63, 3.8) is 0 Å². The second-order valence-corrected chi connectivity index (χ2v) is 17.7. The molecule has 1 aromatic rings. The number of nitrogens with zero attached hydrogens (tertiary/aromatic N) is 2. The molecule has 3 aliphatic heterocycles. The lowest BCUT2D eigenvalue weighted by molar-refractivity contribution is -0.362. The van der Waals surface area contributed by atoms with Crippen LogP contribution in [0.15, 0.2) is 30.4 Å². The quantitative estimate of drug-likeness (QED) is 0.157. The van der Waals surface area contributed by atoms with Crippen molar-refractivity contribution in [3.8, 4) is 0 Å². The number of benzene rings is 1. The molecule has 302 valence electrons. The number of sulfonamides is 1. The summed E-state index contributed by atoms with van der Waals surface area (Å²) in [7, 11) is -4.02. The Labute approximate surface area is 316 Å². The van der Waals surface area contributed by atoms with Crippen molar-refractivity contribution < 1.29 is 66.7 Å². The van der Waals surface area contributed by atoms with Crippen LogP contribution in [0, 0.1) is 11.7 Å². The summed E-state index contributed by atoms with van der Waals surface area (Å²) < 4.78 is 53.1. The van der Waals surface area contributed by atoms with Gasteiger partial charge in [0.05, 0.1) is 17.4 Å². The maximum Gasteiger partial charge on any atom is 0.419 e. The van der Waals surface area contributed by atoms with Crippen molar-refractivity contribution in [2.24, 2.45) is 5.92 Å². The molecule has 5 unspecified atom stereocenters. The zero-order valence-corrected chi connectivity index (χ0v) is 31.3. The molecule has 0 bridgehead atoms. The number of nitrogens with one attached hydrogen (secondary N) is 3. The molecular weight excluding hydrogens is 749 g/mol. The Morgan fingerprint density at radius 2 is 1.73 bits per heavy atom. The number of fused-ring (bicyclic) bond motifs is 3. The van der Waals surface area contributed by atoms with E-state index < -0.39 is 122 Å². The van der Waals surface area contributed by atoms with Crippen molar-refractivity contribution >= 4 is 39.9 Å². The van der Waals surface area contributed by atoms with Gasteiger partial charge in [0.25, 0.3) is 17.7 Å². The van der Waals surface area contributed by atoms with E-state index in [9.17, 15) is 57.2 Å². The van der Waals surface area contributed by atoms with E-state index in [2.05, 4.69) is 15.4 Å². The van der Waals surface area contributed by atoms with E-state index in [-0.39, 0.29) is 17.7 Å². The first kappa shape index (κ1) is 40.3. The second kappa shape index (κ2) is 14.3. The summed E-state index contributed by atoms with van der Waals surface area (Å²) in [5.41, 5.74) is -4.43. The molecule has 2 aliphatic carbocycles. The number of carbonyl (C=O) groups excluding carboxylic acids is 5. The number of alkyl carbamates (subject to hydrolysis) is 1. The molecule has 20 heteroatoms. The third kappa shape index (κ3) is 8.00. The Morgan fingerprint density at radius 3 is 2.38 bits per heavy atom. The molecule has 5 amide bonds. The molecule has 0 aromatic heterocycles. The lowest BCUT2D eigenvalue weighted by atomic mass is 10.0. The van der Waals surface area contributed by atoms with Gasteiger partial charge in [-0.25, -0.2) is 22.4 Å². The number of carbonyl (C=O) groups is 5. The minimum Gasteiger partial charge on any atom is -0.444 e. The van der Waals surface area contributed by atoms with Crippen LogP contribution in [0.25, 0.3) is 0 Å². The highest BCUT2D eigenvalue weighted by atomic mass is 32.2. The first-order valence-corrected chi connectivity index (χ1v) is 19.7. The van der Waals surface area contributed by atoms with Gasteiger partial charge >= 0.3 is 12.2 Å². The zero-order valence-electron chi connectivity index (χ0n) is 30.5. The van der Waals surface area contributed by atoms with Gasteiger partial charge < -0.3 is 45.4 Å². The summed E-state index contributed by atoms with van der Waals surface area (Å²) in [4.78, 5) is 69.2. The Balaban J connectivity index is 1.30. The molecule has 0 spiro atoms. The van der Waals surface area contributed by atoms with Crippen LogP contribution < -0.4 is 15.4 Å². The van der Waals surface area contributed by atoms with E-state index in [1.165, 1.54) is 0 Å². The van der Waals surface area contributed by atoms with Crippen LogP contribution in [0.5, 0.6) is 0 Å². The van der Waals surface area contributed by atoms with Gasteiger partial charge in [-0.1, -0.05) is 37.1 Å². The topological polar surface area (TPSA) is 261 Å². The van der Waals surface area contributed by atoms with Crippen molar-refractivity contribution in [2.75, 3.05) is 6.54 Å². The van der Waals surface area contributed by atoms with Crippen LogP contribution in [0.4, 0.5) is 14.0 Å². The van der Waals surface area contributed by atoms with Crippen LogP contribution in [0.1, 0.15) is 89.7 Å². The number of hydrogen-bond acceptors (Lipinski definition) is 13. The average Bonchev–Trinajstić information content (AvgIpc) is 3.97. The van der Waals surface area contributed by atoms with Gasteiger partial charge in [0.15, 0.2) is 0 Å². The van der Waals surface area contributed by atoms with E-state index in [1.807, 2.05) is 6.08 Å². The molecule has 1 aromatic carbocycles. The number of amides is 5. The van der Waals surface area contributed by atoms with E-state index in [0.29, 0.717) is 38.5 Å². The van der Waals surface area contributed by atoms with Crippen LogP contribution in [0.2, 0.25) is 0 Å².